The average Bonchev–Trinajstić information content (AvgIpc) is 2.84. The highest BCUT2D eigenvalue weighted by molar-refractivity contribution is 5.70. The maximum atomic E-state index is 5.68. The van der Waals surface area contributed by atoms with Crippen molar-refractivity contribution in [2.75, 3.05) is 41.8 Å². The minimum atomic E-state index is 0.603. The minimum Gasteiger partial charge on any atom is -0.474 e. The molecule has 3 aliphatic heterocycles. The number of rotatable bonds is 3. The van der Waals surface area contributed by atoms with Crippen LogP contribution in [0.5, 0.6) is 5.88 Å². The molecular weight excluding hydrogens is 404 g/mol. The second-order valence-electron chi connectivity index (χ2n) is 8.44. The lowest BCUT2D eigenvalue weighted by Crippen LogP contribution is -2.32. The van der Waals surface area contributed by atoms with Crippen molar-refractivity contribution < 1.29 is 4.74 Å². The summed E-state index contributed by atoms with van der Waals surface area (Å²) in [7, 11) is 0. The van der Waals surface area contributed by atoms with Gasteiger partial charge in [-0.25, -0.2) is 15.0 Å². The molecule has 0 saturated heterocycles. The fourth-order valence-electron chi connectivity index (χ4n) is 4.64. The van der Waals surface area contributed by atoms with E-state index in [1.165, 1.54) is 22.4 Å². The molecule has 0 saturated carbocycles. The molecular formula is C23H26N8O. The Morgan fingerprint density at radius 2 is 2.00 bits per heavy atom. The molecule has 0 unspecified atom stereocenters. The van der Waals surface area contributed by atoms with Gasteiger partial charge in [0.1, 0.15) is 12.3 Å². The highest BCUT2D eigenvalue weighted by Gasteiger charge is 2.24. The topological polar surface area (TPSA) is 100 Å². The van der Waals surface area contributed by atoms with Crippen molar-refractivity contribution in [3.8, 4) is 5.88 Å². The molecule has 0 bridgehead atoms. The highest BCUT2D eigenvalue weighted by atomic mass is 16.5. The molecule has 0 spiro atoms. The zero-order chi connectivity index (χ0) is 21.5. The quantitative estimate of drug-likeness (QED) is 0.578. The lowest BCUT2D eigenvalue weighted by molar-refractivity contribution is 0.310. The van der Waals surface area contributed by atoms with Crippen molar-refractivity contribution in [2.45, 2.75) is 32.9 Å². The SMILES string of the molecule is Cc1c(N2CCc3cnc(Nc4cnc5c(c4)CNCC5)nc3C2)cnc2c1NCCO2. The van der Waals surface area contributed by atoms with Gasteiger partial charge in [-0.15, -0.1) is 0 Å². The van der Waals surface area contributed by atoms with Crippen molar-refractivity contribution in [3.63, 3.8) is 0 Å². The van der Waals surface area contributed by atoms with Crippen LogP contribution in [0.2, 0.25) is 0 Å². The van der Waals surface area contributed by atoms with Crippen molar-refractivity contribution >= 4 is 23.0 Å². The summed E-state index contributed by atoms with van der Waals surface area (Å²) in [6, 6.07) is 2.14. The highest BCUT2D eigenvalue weighted by Crippen LogP contribution is 2.36. The van der Waals surface area contributed by atoms with E-state index in [-0.39, 0.29) is 0 Å². The molecule has 0 fully saturated rings. The van der Waals surface area contributed by atoms with E-state index >= 15 is 0 Å². The maximum Gasteiger partial charge on any atom is 0.237 e. The van der Waals surface area contributed by atoms with Gasteiger partial charge in [-0.2, -0.15) is 0 Å². The molecule has 6 rings (SSSR count). The van der Waals surface area contributed by atoms with E-state index in [0.29, 0.717) is 18.4 Å². The van der Waals surface area contributed by atoms with Gasteiger partial charge in [0.2, 0.25) is 11.8 Å². The summed E-state index contributed by atoms with van der Waals surface area (Å²) in [6.45, 7) is 7.05. The number of fused-ring (bicyclic) bond motifs is 3. The first kappa shape index (κ1) is 19.2. The fraction of sp³-hybridized carbons (Fsp3) is 0.391. The standard InChI is InChI=1S/C23H26N8O/c1-14-20(12-27-22-21(14)25-5-7-32-22)31-6-3-15-10-28-23(30-19(15)13-31)29-17-8-16-9-24-4-2-18(16)26-11-17/h8,10-12,24-25H,2-7,9,13H2,1H3,(H,28,29,30). The Hall–Kier alpha value is -3.46. The van der Waals surface area contributed by atoms with Gasteiger partial charge in [-0.1, -0.05) is 0 Å². The van der Waals surface area contributed by atoms with E-state index in [1.807, 2.05) is 18.6 Å². The molecule has 32 heavy (non-hydrogen) atoms. The summed E-state index contributed by atoms with van der Waals surface area (Å²) in [5.41, 5.74) is 8.85. The molecule has 6 heterocycles. The first-order valence-electron chi connectivity index (χ1n) is 11.2. The summed E-state index contributed by atoms with van der Waals surface area (Å²) in [5, 5.41) is 10.2. The Morgan fingerprint density at radius 1 is 1.03 bits per heavy atom. The molecule has 3 aromatic rings. The minimum absolute atomic E-state index is 0.603. The van der Waals surface area contributed by atoms with E-state index in [0.717, 1.165) is 68.3 Å². The lowest BCUT2D eigenvalue weighted by atomic mass is 10.0. The van der Waals surface area contributed by atoms with Crippen molar-refractivity contribution in [2.24, 2.45) is 0 Å². The van der Waals surface area contributed by atoms with Gasteiger partial charge in [-0.3, -0.25) is 4.98 Å². The van der Waals surface area contributed by atoms with Gasteiger partial charge in [0.05, 0.1) is 36.0 Å². The van der Waals surface area contributed by atoms with Gasteiger partial charge < -0.3 is 25.6 Å². The summed E-state index contributed by atoms with van der Waals surface area (Å²) < 4.78 is 5.68. The van der Waals surface area contributed by atoms with Crippen LogP contribution >= 0.6 is 0 Å². The number of hydrogen-bond acceptors (Lipinski definition) is 9. The maximum absolute atomic E-state index is 5.68. The number of anilines is 4. The predicted molar refractivity (Wildman–Crippen MR) is 123 cm³/mol. The van der Waals surface area contributed by atoms with Crippen LogP contribution < -0.4 is 25.6 Å². The first-order valence-corrected chi connectivity index (χ1v) is 11.2. The Bertz CT molecular complexity index is 1180. The summed E-state index contributed by atoms with van der Waals surface area (Å²) in [5.74, 6) is 1.30. The van der Waals surface area contributed by atoms with Crippen molar-refractivity contribution in [3.05, 3.63) is 52.7 Å². The number of nitrogens with one attached hydrogen (secondary N) is 3. The van der Waals surface area contributed by atoms with E-state index in [1.54, 1.807) is 0 Å². The zero-order valence-corrected chi connectivity index (χ0v) is 18.1. The predicted octanol–water partition coefficient (Wildman–Crippen LogP) is 2.33. The number of aromatic nitrogens is 4. The van der Waals surface area contributed by atoms with Crippen molar-refractivity contribution in [1.82, 2.24) is 25.3 Å². The smallest absolute Gasteiger partial charge is 0.237 e. The van der Waals surface area contributed by atoms with E-state index in [2.05, 4.69) is 48.8 Å². The second kappa shape index (κ2) is 7.90. The van der Waals surface area contributed by atoms with Crippen LogP contribution in [0.15, 0.2) is 24.7 Å². The van der Waals surface area contributed by atoms with Crippen LogP contribution in [0.1, 0.15) is 28.1 Å². The zero-order valence-electron chi connectivity index (χ0n) is 18.1. The molecule has 0 amide bonds. The number of nitrogens with zero attached hydrogens (tertiary/aromatic N) is 5. The second-order valence-corrected chi connectivity index (χ2v) is 8.44. The van der Waals surface area contributed by atoms with Crippen LogP contribution in [-0.2, 0) is 25.9 Å². The summed E-state index contributed by atoms with van der Waals surface area (Å²) in [6.07, 6.45) is 7.61. The Kier molecular flexibility index (Phi) is 4.75. The van der Waals surface area contributed by atoms with E-state index in [4.69, 9.17) is 9.72 Å². The van der Waals surface area contributed by atoms with Crippen LogP contribution in [0.25, 0.3) is 0 Å². The number of pyridine rings is 2. The van der Waals surface area contributed by atoms with Crippen molar-refractivity contribution in [1.29, 1.82) is 0 Å². The molecule has 3 N–H and O–H groups in total. The van der Waals surface area contributed by atoms with Crippen LogP contribution in [-0.4, -0.2) is 46.2 Å². The van der Waals surface area contributed by atoms with Gasteiger partial charge in [0.25, 0.3) is 0 Å². The molecule has 3 aliphatic rings. The van der Waals surface area contributed by atoms with Gasteiger partial charge in [-0.05, 0) is 30.5 Å². The Morgan fingerprint density at radius 3 is 2.97 bits per heavy atom. The largest absolute Gasteiger partial charge is 0.474 e. The molecule has 0 radical (unpaired) electrons. The molecule has 9 heteroatoms. The van der Waals surface area contributed by atoms with Crippen LogP contribution in [0.4, 0.5) is 23.0 Å². The van der Waals surface area contributed by atoms with Gasteiger partial charge in [0, 0.05) is 50.1 Å². The molecule has 0 aliphatic carbocycles. The van der Waals surface area contributed by atoms with Gasteiger partial charge >= 0.3 is 0 Å². The summed E-state index contributed by atoms with van der Waals surface area (Å²) >= 11 is 0. The summed E-state index contributed by atoms with van der Waals surface area (Å²) in [4.78, 5) is 20.9. The number of hydrogen-bond donors (Lipinski definition) is 3. The number of ether oxygens (including phenoxy) is 1. The molecule has 164 valence electrons. The normalized spacial score (nSPS) is 16.8. The molecule has 0 aromatic carbocycles. The van der Waals surface area contributed by atoms with E-state index in [9.17, 15) is 0 Å². The Labute approximate surface area is 186 Å². The third kappa shape index (κ3) is 3.48. The lowest BCUT2D eigenvalue weighted by Gasteiger charge is -2.32. The van der Waals surface area contributed by atoms with E-state index < -0.39 is 0 Å². The van der Waals surface area contributed by atoms with Gasteiger partial charge in [0.15, 0.2) is 0 Å². The third-order valence-electron chi connectivity index (χ3n) is 6.38. The van der Waals surface area contributed by atoms with Crippen LogP contribution in [0, 0.1) is 6.92 Å². The third-order valence-corrected chi connectivity index (χ3v) is 6.38. The molecule has 9 nitrogen and oxygen atoms in total. The molecule has 3 aromatic heterocycles. The Balaban J connectivity index is 1.24. The monoisotopic (exact) mass is 430 g/mol. The fourth-order valence-corrected chi connectivity index (χ4v) is 4.64. The van der Waals surface area contributed by atoms with Crippen LogP contribution in [0.3, 0.4) is 0 Å². The average molecular weight is 431 g/mol. The first-order chi connectivity index (χ1) is 15.7. The molecule has 0 atom stereocenters.